The Bertz CT molecular complexity index is 1690. The van der Waals surface area contributed by atoms with Crippen LogP contribution in [-0.2, 0) is 24.0 Å². The second-order valence-electron chi connectivity index (χ2n) is 11.3. The minimum atomic E-state index is -2.16. The second kappa shape index (κ2) is 10.6. The Labute approximate surface area is 268 Å². The van der Waals surface area contributed by atoms with Gasteiger partial charge in [-0.1, -0.05) is 11.6 Å². The van der Waals surface area contributed by atoms with Gasteiger partial charge in [0.25, 0.3) is 11.8 Å². The summed E-state index contributed by atoms with van der Waals surface area (Å²) in [5.74, 6) is -8.60. The highest BCUT2D eigenvalue weighted by atomic mass is 79.9. The number of phenols is 1. The number of alkyl halides is 2. The minimum Gasteiger partial charge on any atom is -0.503 e. The van der Waals surface area contributed by atoms with Crippen LogP contribution in [0, 0.1) is 23.6 Å². The van der Waals surface area contributed by atoms with Gasteiger partial charge in [-0.05, 0) is 76.7 Å². The third-order valence-electron chi connectivity index (χ3n) is 9.14. The van der Waals surface area contributed by atoms with Crippen molar-refractivity contribution in [1.82, 2.24) is 4.90 Å². The van der Waals surface area contributed by atoms with Gasteiger partial charge in [-0.25, -0.2) is 9.29 Å². The quantitative estimate of drug-likeness (QED) is 0.257. The number of anilines is 1. The Kier molecular flexibility index (Phi) is 7.33. The molecular weight excluding hydrogens is 686 g/mol. The molecule has 0 bridgehead atoms. The lowest BCUT2D eigenvalue weighted by Crippen LogP contribution is -2.60. The number of rotatable bonds is 6. The van der Waals surface area contributed by atoms with Crippen LogP contribution in [0.4, 0.5) is 10.1 Å². The molecule has 2 heterocycles. The molecular formula is C30H24BrCl2FN2O8. The zero-order valence-electron chi connectivity index (χ0n) is 22.9. The maximum atomic E-state index is 14.4. The number of aromatic hydroxyl groups is 1. The average Bonchev–Trinajstić information content (AvgIpc) is 3.31. The van der Waals surface area contributed by atoms with Crippen LogP contribution in [-0.4, -0.2) is 68.1 Å². The van der Waals surface area contributed by atoms with Crippen LogP contribution in [0.25, 0.3) is 0 Å². The van der Waals surface area contributed by atoms with E-state index in [1.165, 1.54) is 31.4 Å². The van der Waals surface area contributed by atoms with Gasteiger partial charge in [0.2, 0.25) is 11.8 Å². The van der Waals surface area contributed by atoms with E-state index in [9.17, 15) is 38.6 Å². The van der Waals surface area contributed by atoms with E-state index in [-0.39, 0.29) is 41.0 Å². The second-order valence-corrected chi connectivity index (χ2v) is 13.4. The molecule has 230 valence electrons. The molecule has 6 rings (SSSR count). The molecule has 14 heteroatoms. The third kappa shape index (κ3) is 4.13. The third-order valence-corrected chi connectivity index (χ3v) is 11.2. The molecule has 2 aromatic carbocycles. The molecule has 2 aromatic rings. The number of carbonyl (C=O) groups excluding carboxylic acids is 4. The van der Waals surface area contributed by atoms with Crippen LogP contribution in [0.15, 0.2) is 52.5 Å². The maximum Gasteiger partial charge on any atom is 0.305 e. The number of allylic oxidation sites excluding steroid dienone is 2. The summed E-state index contributed by atoms with van der Waals surface area (Å²) in [6, 6.07) is 7.64. The number of hydrogen-bond donors (Lipinski definition) is 2. The van der Waals surface area contributed by atoms with Crippen molar-refractivity contribution in [3.05, 3.63) is 63.9 Å². The summed E-state index contributed by atoms with van der Waals surface area (Å²) in [6.07, 6.45) is 1.11. The summed E-state index contributed by atoms with van der Waals surface area (Å²) in [7, 11) is 1.33. The number of nitrogens with zero attached hydrogens (tertiary/aromatic N) is 2. The predicted octanol–water partition coefficient (Wildman–Crippen LogP) is 4.34. The fourth-order valence-electron chi connectivity index (χ4n) is 7.18. The monoisotopic (exact) mass is 708 g/mol. The summed E-state index contributed by atoms with van der Waals surface area (Å²) in [5, 5.41) is 19.7. The molecule has 2 N–H and O–H groups in total. The van der Waals surface area contributed by atoms with Gasteiger partial charge in [0.1, 0.15) is 5.82 Å². The molecule has 44 heavy (non-hydrogen) atoms. The number of likely N-dealkylation sites (tertiary alicyclic amines) is 1. The first-order valence-corrected chi connectivity index (χ1v) is 15.2. The van der Waals surface area contributed by atoms with E-state index in [0.717, 1.165) is 21.9 Å². The van der Waals surface area contributed by atoms with Gasteiger partial charge in [0.05, 0.1) is 35.5 Å². The highest BCUT2D eigenvalue weighted by Crippen LogP contribution is 2.66. The van der Waals surface area contributed by atoms with Crippen molar-refractivity contribution in [1.29, 1.82) is 0 Å². The SMILES string of the molecule is COc1cc(C2C3=CCC4C(=O)N(CCC(=O)O)C(=O)C4C3CC3(Cl)C(=O)N(c4ccc(F)cc4)C(=O)C23Cl)cc(Br)c1O. The topological polar surface area (TPSA) is 142 Å². The van der Waals surface area contributed by atoms with Gasteiger partial charge in [0, 0.05) is 12.5 Å². The number of aliphatic carboxylic acids is 1. The highest BCUT2D eigenvalue weighted by molar-refractivity contribution is 9.10. The molecule has 0 radical (unpaired) electrons. The molecule has 10 nitrogen and oxygen atoms in total. The fraction of sp³-hybridized carbons (Fsp3) is 0.367. The summed E-state index contributed by atoms with van der Waals surface area (Å²) in [6.45, 7) is -0.311. The van der Waals surface area contributed by atoms with Crippen LogP contribution in [0.1, 0.15) is 30.7 Å². The summed E-state index contributed by atoms with van der Waals surface area (Å²) >= 11 is 17.9. The number of phenolic OH excluding ortho intramolecular Hbond substituents is 1. The predicted molar refractivity (Wildman–Crippen MR) is 158 cm³/mol. The lowest BCUT2D eigenvalue weighted by atomic mass is 9.56. The van der Waals surface area contributed by atoms with Gasteiger partial charge >= 0.3 is 5.97 Å². The van der Waals surface area contributed by atoms with E-state index >= 15 is 0 Å². The molecule has 2 aliphatic carbocycles. The fourth-order valence-corrected chi connectivity index (χ4v) is 8.58. The number of carboxylic acid groups (broad SMARTS) is 1. The van der Waals surface area contributed by atoms with Crippen molar-refractivity contribution >= 4 is 74.4 Å². The smallest absolute Gasteiger partial charge is 0.305 e. The minimum absolute atomic E-state index is 0.0327. The molecule has 6 unspecified atom stereocenters. The molecule has 1 saturated carbocycles. The van der Waals surface area contributed by atoms with Gasteiger partial charge in [-0.2, -0.15) is 0 Å². The standard InChI is InChI=1S/C30H24BrCl2FN2O8/c1-44-20-11-13(10-19(31)24(20)39)23-16-6-7-17-22(26(41)35(25(17)40)9-8-21(37)38)18(16)12-29(32)27(42)36(28(43)30(23,29)33)15-4-2-14(34)3-5-15/h2-6,10-11,17-18,22-23,39H,7-9,12H2,1H3,(H,37,38). The lowest BCUT2D eigenvalue weighted by Gasteiger charge is -2.50. The molecule has 2 saturated heterocycles. The Morgan fingerprint density at radius 1 is 1.09 bits per heavy atom. The number of carboxylic acids is 1. The Morgan fingerprint density at radius 2 is 1.77 bits per heavy atom. The molecule has 4 aliphatic rings. The number of benzene rings is 2. The van der Waals surface area contributed by atoms with Crippen molar-refractivity contribution in [2.24, 2.45) is 17.8 Å². The first-order chi connectivity index (χ1) is 20.8. The van der Waals surface area contributed by atoms with E-state index in [2.05, 4.69) is 15.9 Å². The van der Waals surface area contributed by atoms with E-state index in [1.54, 1.807) is 6.08 Å². The average molecular weight is 710 g/mol. The first kappa shape index (κ1) is 30.5. The molecule has 4 amide bonds. The molecule has 0 spiro atoms. The summed E-state index contributed by atoms with van der Waals surface area (Å²) < 4.78 is 19.3. The van der Waals surface area contributed by atoms with E-state index in [1.807, 2.05) is 0 Å². The summed E-state index contributed by atoms with van der Waals surface area (Å²) in [5.41, 5.74) is 0.879. The van der Waals surface area contributed by atoms with Gasteiger partial charge in [0.15, 0.2) is 21.2 Å². The Morgan fingerprint density at radius 3 is 2.41 bits per heavy atom. The van der Waals surface area contributed by atoms with Crippen LogP contribution in [0.3, 0.4) is 0 Å². The Balaban J connectivity index is 1.54. The highest BCUT2D eigenvalue weighted by Gasteiger charge is 2.76. The van der Waals surface area contributed by atoms with Gasteiger partial charge in [-0.15, -0.1) is 23.2 Å². The van der Waals surface area contributed by atoms with E-state index < -0.39 is 75.3 Å². The zero-order chi connectivity index (χ0) is 31.9. The number of hydrogen-bond acceptors (Lipinski definition) is 7. The van der Waals surface area contributed by atoms with Crippen molar-refractivity contribution in [3.63, 3.8) is 0 Å². The molecule has 2 aliphatic heterocycles. The van der Waals surface area contributed by atoms with E-state index in [0.29, 0.717) is 11.1 Å². The van der Waals surface area contributed by atoms with Crippen molar-refractivity contribution in [2.45, 2.75) is 34.9 Å². The number of halogens is 4. The van der Waals surface area contributed by atoms with E-state index in [4.69, 9.17) is 27.9 Å². The van der Waals surface area contributed by atoms with Crippen molar-refractivity contribution < 1.29 is 43.3 Å². The molecule has 3 fully saturated rings. The number of fused-ring (bicyclic) bond motifs is 4. The number of carbonyl (C=O) groups is 5. The number of ether oxygens (including phenoxy) is 1. The zero-order valence-corrected chi connectivity index (χ0v) is 26.0. The van der Waals surface area contributed by atoms with Crippen LogP contribution in [0.2, 0.25) is 0 Å². The summed E-state index contributed by atoms with van der Waals surface area (Å²) in [4.78, 5) is 64.3. The lowest BCUT2D eigenvalue weighted by molar-refractivity contribution is -0.142. The Hall–Kier alpha value is -3.48. The molecule has 6 atom stereocenters. The largest absolute Gasteiger partial charge is 0.503 e. The van der Waals surface area contributed by atoms with Gasteiger partial charge < -0.3 is 14.9 Å². The normalized spacial score (nSPS) is 31.1. The first-order valence-electron chi connectivity index (χ1n) is 13.6. The number of imide groups is 2. The number of amides is 4. The molecule has 0 aromatic heterocycles. The van der Waals surface area contributed by atoms with Crippen molar-refractivity contribution in [3.8, 4) is 11.5 Å². The van der Waals surface area contributed by atoms with Gasteiger partial charge in [-0.3, -0.25) is 28.9 Å². The number of methoxy groups -OCH3 is 1. The maximum absolute atomic E-state index is 14.4. The van der Waals surface area contributed by atoms with Crippen LogP contribution in [0.5, 0.6) is 11.5 Å². The van der Waals surface area contributed by atoms with Crippen LogP contribution < -0.4 is 9.64 Å². The van der Waals surface area contributed by atoms with Crippen molar-refractivity contribution in [2.75, 3.05) is 18.6 Å². The van der Waals surface area contributed by atoms with Crippen LogP contribution >= 0.6 is 39.1 Å².